The maximum absolute atomic E-state index is 10.3. The fourth-order valence-corrected chi connectivity index (χ4v) is 0.985. The molecule has 0 unspecified atom stereocenters. The molecule has 0 aliphatic carbocycles. The molecule has 0 saturated heterocycles. The Kier molecular flexibility index (Phi) is 2.94. The van der Waals surface area contributed by atoms with Crippen molar-refractivity contribution in [3.8, 4) is 0 Å². The molecule has 0 bridgehead atoms. The van der Waals surface area contributed by atoms with E-state index in [1.54, 1.807) is 0 Å². The molecule has 0 amide bonds. The lowest BCUT2D eigenvalue weighted by molar-refractivity contribution is -0.386. The van der Waals surface area contributed by atoms with Crippen molar-refractivity contribution in [3.05, 3.63) is 39.9 Å². The van der Waals surface area contributed by atoms with Gasteiger partial charge < -0.3 is 10.8 Å². The number of nitro benzene ring substituents is 1. The lowest BCUT2D eigenvalue weighted by Gasteiger charge is -2.04. The molecule has 0 radical (unpaired) electrons. The number of non-ortho nitro benzene ring substituents is 1. The quantitative estimate of drug-likeness (QED) is 0.505. The Hall–Kier alpha value is -1.46. The number of nitrogens with zero attached hydrogens (tertiary/aromatic N) is 1. The van der Waals surface area contributed by atoms with Crippen LogP contribution in [0.1, 0.15) is 11.7 Å². The van der Waals surface area contributed by atoms with Gasteiger partial charge in [0.1, 0.15) is 12.6 Å². The van der Waals surface area contributed by atoms with Crippen molar-refractivity contribution in [2.75, 3.05) is 6.54 Å². The second-order valence-electron chi connectivity index (χ2n) is 2.65. The number of hydrogen-bond donors (Lipinski definition) is 2. The average Bonchev–Trinajstić information content (AvgIpc) is 2.17. The Morgan fingerprint density at radius 3 is 2.38 bits per heavy atom. The van der Waals surface area contributed by atoms with E-state index < -0.39 is 11.0 Å². The lowest BCUT2D eigenvalue weighted by atomic mass is 10.1. The van der Waals surface area contributed by atoms with Crippen LogP contribution in [0, 0.1) is 10.1 Å². The number of nitro groups is 1. The van der Waals surface area contributed by atoms with E-state index in [4.69, 9.17) is 0 Å². The number of aliphatic hydroxyl groups is 1. The molecule has 0 aliphatic rings. The van der Waals surface area contributed by atoms with Crippen molar-refractivity contribution in [2.24, 2.45) is 0 Å². The minimum atomic E-state index is -0.638. The van der Waals surface area contributed by atoms with Crippen molar-refractivity contribution in [1.82, 2.24) is 0 Å². The van der Waals surface area contributed by atoms with Gasteiger partial charge in [-0.15, -0.1) is 0 Å². The summed E-state index contributed by atoms with van der Waals surface area (Å²) in [4.78, 5) is 9.81. The number of quaternary nitrogens is 1. The van der Waals surface area contributed by atoms with E-state index in [0.717, 1.165) is 0 Å². The van der Waals surface area contributed by atoms with Crippen LogP contribution in [0.4, 0.5) is 5.69 Å². The number of rotatable bonds is 3. The van der Waals surface area contributed by atoms with E-state index >= 15 is 0 Å². The van der Waals surface area contributed by atoms with Crippen molar-refractivity contribution in [3.63, 3.8) is 0 Å². The van der Waals surface area contributed by atoms with Gasteiger partial charge in [-0.25, -0.2) is 0 Å². The van der Waals surface area contributed by atoms with Crippen LogP contribution in [0.5, 0.6) is 0 Å². The largest absolute Gasteiger partial charge is 0.382 e. The molecule has 5 heteroatoms. The zero-order valence-electron chi connectivity index (χ0n) is 7.01. The lowest BCUT2D eigenvalue weighted by Crippen LogP contribution is -2.52. The average molecular weight is 183 g/mol. The molecule has 0 heterocycles. The van der Waals surface area contributed by atoms with Crippen LogP contribution in [0.2, 0.25) is 0 Å². The van der Waals surface area contributed by atoms with Gasteiger partial charge in [0, 0.05) is 12.1 Å². The van der Waals surface area contributed by atoms with Crippen LogP contribution in [-0.4, -0.2) is 16.6 Å². The normalized spacial score (nSPS) is 12.5. The van der Waals surface area contributed by atoms with Crippen LogP contribution in [0.25, 0.3) is 0 Å². The molecule has 13 heavy (non-hydrogen) atoms. The highest BCUT2D eigenvalue weighted by molar-refractivity contribution is 5.33. The minimum absolute atomic E-state index is 0.0278. The molecule has 0 aromatic heterocycles. The van der Waals surface area contributed by atoms with Gasteiger partial charge in [-0.3, -0.25) is 10.1 Å². The Balaban J connectivity index is 2.87. The molecule has 1 aromatic rings. The fourth-order valence-electron chi connectivity index (χ4n) is 0.985. The number of hydrogen-bond acceptors (Lipinski definition) is 3. The third-order valence-electron chi connectivity index (χ3n) is 1.76. The fraction of sp³-hybridized carbons (Fsp3) is 0.250. The molecular formula is C8H11N2O3+. The zero-order valence-corrected chi connectivity index (χ0v) is 7.01. The van der Waals surface area contributed by atoms with Crippen LogP contribution in [0.3, 0.4) is 0 Å². The predicted octanol–water partition coefficient (Wildman–Crippen LogP) is -0.130. The maximum atomic E-state index is 10.3. The first-order valence-electron chi connectivity index (χ1n) is 3.87. The summed E-state index contributed by atoms with van der Waals surface area (Å²) in [6.07, 6.45) is -0.638. The predicted molar refractivity (Wildman–Crippen MR) is 45.8 cm³/mol. The van der Waals surface area contributed by atoms with Crippen molar-refractivity contribution in [1.29, 1.82) is 0 Å². The second kappa shape index (κ2) is 3.97. The zero-order chi connectivity index (χ0) is 9.84. The third kappa shape index (κ3) is 2.24. The van der Waals surface area contributed by atoms with Gasteiger partial charge in [-0.1, -0.05) is 0 Å². The first-order valence-corrected chi connectivity index (χ1v) is 3.87. The van der Waals surface area contributed by atoms with Crippen molar-refractivity contribution in [2.45, 2.75) is 6.10 Å². The molecule has 4 N–H and O–H groups in total. The molecule has 0 saturated carbocycles. The van der Waals surface area contributed by atoms with Gasteiger partial charge in [0.15, 0.2) is 0 Å². The second-order valence-corrected chi connectivity index (χ2v) is 2.65. The molecule has 5 nitrogen and oxygen atoms in total. The Labute approximate surface area is 74.9 Å². The van der Waals surface area contributed by atoms with Crippen LogP contribution in [-0.2, 0) is 0 Å². The maximum Gasteiger partial charge on any atom is 0.269 e. The molecule has 0 spiro atoms. The van der Waals surface area contributed by atoms with Gasteiger partial charge in [0.2, 0.25) is 0 Å². The van der Waals surface area contributed by atoms with Crippen LogP contribution in [0.15, 0.2) is 24.3 Å². The summed E-state index contributed by atoms with van der Waals surface area (Å²) in [7, 11) is 0. The Morgan fingerprint density at radius 1 is 1.46 bits per heavy atom. The highest BCUT2D eigenvalue weighted by atomic mass is 16.6. The van der Waals surface area contributed by atoms with Gasteiger partial charge in [0.05, 0.1) is 4.92 Å². The molecule has 70 valence electrons. The molecule has 0 aliphatic heterocycles. The summed E-state index contributed by atoms with van der Waals surface area (Å²) in [6.45, 7) is 0.359. The number of benzene rings is 1. The Morgan fingerprint density at radius 2 is 2.00 bits per heavy atom. The van der Waals surface area contributed by atoms with E-state index in [1.807, 2.05) is 0 Å². The molecule has 1 rings (SSSR count). The molecule has 1 aromatic carbocycles. The topological polar surface area (TPSA) is 91.0 Å². The molecule has 1 atom stereocenters. The van der Waals surface area contributed by atoms with Gasteiger partial charge in [-0.05, 0) is 17.7 Å². The van der Waals surface area contributed by atoms with E-state index in [0.29, 0.717) is 12.1 Å². The summed E-state index contributed by atoms with van der Waals surface area (Å²) in [6, 6.07) is 5.81. The standard InChI is InChI=1S/C8H10N2O3/c9-5-8(11)6-1-3-7(4-2-6)10(12)13/h1-4,8,11H,5,9H2/p+1/t8-/m0/s1. The summed E-state index contributed by atoms with van der Waals surface area (Å²) in [5.74, 6) is 0. The highest BCUT2D eigenvalue weighted by Crippen LogP contribution is 2.16. The summed E-state index contributed by atoms with van der Waals surface area (Å²) in [5, 5.41) is 19.6. The Bertz CT molecular complexity index is 297. The van der Waals surface area contributed by atoms with E-state index in [2.05, 4.69) is 5.73 Å². The summed E-state index contributed by atoms with van der Waals surface area (Å²) in [5.41, 5.74) is 4.22. The SMILES string of the molecule is [NH3+]C[C@H](O)c1ccc([N+](=O)[O-])cc1. The van der Waals surface area contributed by atoms with Crippen molar-refractivity contribution < 1.29 is 15.8 Å². The van der Waals surface area contributed by atoms with Gasteiger partial charge in [-0.2, -0.15) is 0 Å². The van der Waals surface area contributed by atoms with Gasteiger partial charge >= 0.3 is 0 Å². The van der Waals surface area contributed by atoms with Crippen molar-refractivity contribution >= 4 is 5.69 Å². The summed E-state index contributed by atoms with van der Waals surface area (Å²) < 4.78 is 0. The molecular weight excluding hydrogens is 172 g/mol. The van der Waals surface area contributed by atoms with E-state index in [9.17, 15) is 15.2 Å². The molecule has 0 fully saturated rings. The first kappa shape index (κ1) is 9.63. The smallest absolute Gasteiger partial charge is 0.269 e. The summed E-state index contributed by atoms with van der Waals surface area (Å²) >= 11 is 0. The monoisotopic (exact) mass is 183 g/mol. The van der Waals surface area contributed by atoms with Gasteiger partial charge in [0.25, 0.3) is 5.69 Å². The minimum Gasteiger partial charge on any atom is -0.382 e. The first-order chi connectivity index (χ1) is 6.15. The number of aliphatic hydroxyl groups excluding tert-OH is 1. The third-order valence-corrected chi connectivity index (χ3v) is 1.76. The highest BCUT2D eigenvalue weighted by Gasteiger charge is 2.09. The van der Waals surface area contributed by atoms with E-state index in [-0.39, 0.29) is 5.69 Å². The van der Waals surface area contributed by atoms with Crippen LogP contribution < -0.4 is 5.73 Å². The van der Waals surface area contributed by atoms with Crippen LogP contribution >= 0.6 is 0 Å². The van der Waals surface area contributed by atoms with E-state index in [1.165, 1.54) is 24.3 Å².